The summed E-state index contributed by atoms with van der Waals surface area (Å²) in [5.74, 6) is 1.87. The molecule has 110 valence electrons. The number of anilines is 1. The molecule has 1 aromatic carbocycles. The second-order valence-electron chi connectivity index (χ2n) is 5.97. The van der Waals surface area contributed by atoms with Crippen molar-refractivity contribution >= 4 is 29.3 Å². The molecular weight excluding hydrogens is 284 g/mol. The molecule has 2 fully saturated rings. The number of thioether (sulfide) groups is 1. The molecule has 5 heteroatoms. The molecule has 0 radical (unpaired) electrons. The number of para-hydroxylation sites is 1. The zero-order chi connectivity index (χ0) is 14.4. The van der Waals surface area contributed by atoms with E-state index in [4.69, 9.17) is 0 Å². The fourth-order valence-electron chi connectivity index (χ4n) is 3.18. The monoisotopic (exact) mass is 302 g/mol. The quantitative estimate of drug-likeness (QED) is 0.837. The normalized spacial score (nSPS) is 24.3. The van der Waals surface area contributed by atoms with Gasteiger partial charge >= 0.3 is 0 Å². The molecule has 1 aromatic rings. The first-order valence-corrected chi connectivity index (χ1v) is 8.68. The van der Waals surface area contributed by atoms with Crippen molar-refractivity contribution in [2.45, 2.75) is 25.3 Å². The summed E-state index contributed by atoms with van der Waals surface area (Å²) in [6.07, 6.45) is 2.90. The van der Waals surface area contributed by atoms with E-state index in [2.05, 4.69) is 6.07 Å². The van der Waals surface area contributed by atoms with Crippen molar-refractivity contribution in [3.05, 3.63) is 29.8 Å². The van der Waals surface area contributed by atoms with E-state index in [1.54, 1.807) is 11.8 Å². The van der Waals surface area contributed by atoms with Gasteiger partial charge in [0.05, 0.1) is 5.88 Å². The highest BCUT2D eigenvalue weighted by Crippen LogP contribution is 2.36. The maximum Gasteiger partial charge on any atom is 0.250 e. The van der Waals surface area contributed by atoms with Gasteiger partial charge in [0.25, 0.3) is 5.91 Å². The number of hydrogen-bond donors (Lipinski definition) is 0. The topological polar surface area (TPSA) is 40.6 Å². The summed E-state index contributed by atoms with van der Waals surface area (Å²) < 4.78 is 0. The molecule has 0 aromatic heterocycles. The lowest BCUT2D eigenvalue weighted by Crippen LogP contribution is -2.49. The number of nitrogens with zero attached hydrogens (tertiary/aromatic N) is 2. The van der Waals surface area contributed by atoms with Crippen molar-refractivity contribution in [3.63, 3.8) is 0 Å². The van der Waals surface area contributed by atoms with E-state index >= 15 is 0 Å². The number of carbonyl (C=O) groups excluding carboxylic acids is 2. The molecule has 2 amide bonds. The zero-order valence-electron chi connectivity index (χ0n) is 11.8. The second kappa shape index (κ2) is 5.05. The molecule has 1 atom stereocenters. The Balaban J connectivity index is 1.56. The number of fused-ring (bicyclic) bond motifs is 1. The van der Waals surface area contributed by atoms with Crippen LogP contribution in [0.2, 0.25) is 0 Å². The Kier molecular flexibility index (Phi) is 3.17. The molecule has 0 unspecified atom stereocenters. The van der Waals surface area contributed by atoms with E-state index in [0.29, 0.717) is 5.88 Å². The van der Waals surface area contributed by atoms with Crippen molar-refractivity contribution in [1.29, 1.82) is 0 Å². The lowest BCUT2D eigenvalue weighted by molar-refractivity contribution is -0.138. The van der Waals surface area contributed by atoms with Crippen LogP contribution < -0.4 is 4.90 Å². The number of hydrogen-bond acceptors (Lipinski definition) is 3. The molecule has 0 spiro atoms. The first-order valence-electron chi connectivity index (χ1n) is 7.53. The third-order valence-corrected chi connectivity index (χ3v) is 5.54. The highest BCUT2D eigenvalue weighted by molar-refractivity contribution is 7.99. The van der Waals surface area contributed by atoms with Gasteiger partial charge < -0.3 is 9.80 Å². The van der Waals surface area contributed by atoms with E-state index in [0.717, 1.165) is 37.2 Å². The number of amides is 2. The number of carbonyl (C=O) groups is 2. The van der Waals surface area contributed by atoms with Gasteiger partial charge in [0.15, 0.2) is 0 Å². The minimum Gasteiger partial charge on any atom is -0.320 e. The Morgan fingerprint density at radius 2 is 1.95 bits per heavy atom. The van der Waals surface area contributed by atoms with E-state index in [-0.39, 0.29) is 23.8 Å². The molecular formula is C16H18N2O2S. The molecule has 1 saturated carbocycles. The Labute approximate surface area is 128 Å². The fourth-order valence-corrected chi connectivity index (χ4v) is 4.33. The predicted molar refractivity (Wildman–Crippen MR) is 83.2 cm³/mol. The van der Waals surface area contributed by atoms with Gasteiger partial charge in [-0.3, -0.25) is 9.59 Å². The molecule has 1 aliphatic carbocycles. The van der Waals surface area contributed by atoms with Crippen LogP contribution in [0.3, 0.4) is 0 Å². The highest BCUT2D eigenvalue weighted by atomic mass is 32.2. The van der Waals surface area contributed by atoms with Crippen molar-refractivity contribution in [3.8, 4) is 0 Å². The molecule has 2 aliphatic heterocycles. The van der Waals surface area contributed by atoms with Crippen molar-refractivity contribution in [2.75, 3.05) is 23.1 Å². The standard InChI is InChI=1S/C16H18N2O2S/c19-15(12-5-6-12)18-10-21-9-14(18)16(20)17-8-7-11-3-1-2-4-13(11)17/h1-4,12,14H,5-10H2/t14-/m0/s1. The Morgan fingerprint density at radius 1 is 1.14 bits per heavy atom. The van der Waals surface area contributed by atoms with Gasteiger partial charge in [0.1, 0.15) is 6.04 Å². The molecule has 3 aliphatic rings. The van der Waals surface area contributed by atoms with Crippen LogP contribution in [-0.2, 0) is 16.0 Å². The van der Waals surface area contributed by atoms with E-state index in [9.17, 15) is 9.59 Å². The highest BCUT2D eigenvalue weighted by Gasteiger charge is 2.43. The van der Waals surface area contributed by atoms with Gasteiger partial charge in [-0.05, 0) is 30.9 Å². The summed E-state index contributed by atoms with van der Waals surface area (Å²) in [7, 11) is 0. The maximum atomic E-state index is 12.9. The molecule has 4 rings (SSSR count). The summed E-state index contributed by atoms with van der Waals surface area (Å²) in [4.78, 5) is 28.9. The van der Waals surface area contributed by atoms with Crippen molar-refractivity contribution in [2.24, 2.45) is 5.92 Å². The summed E-state index contributed by atoms with van der Waals surface area (Å²) in [6.45, 7) is 0.741. The van der Waals surface area contributed by atoms with E-state index in [1.165, 1.54) is 5.56 Å². The lowest BCUT2D eigenvalue weighted by atomic mass is 10.1. The third kappa shape index (κ3) is 2.24. The summed E-state index contributed by atoms with van der Waals surface area (Å²) in [5, 5.41) is 0. The second-order valence-corrected chi connectivity index (χ2v) is 6.97. The van der Waals surface area contributed by atoms with Crippen LogP contribution in [0, 0.1) is 5.92 Å². The maximum absolute atomic E-state index is 12.9. The van der Waals surface area contributed by atoms with Crippen LogP contribution in [0.15, 0.2) is 24.3 Å². The molecule has 0 bridgehead atoms. The van der Waals surface area contributed by atoms with Crippen LogP contribution in [0.5, 0.6) is 0 Å². The van der Waals surface area contributed by atoms with Gasteiger partial charge in [-0.2, -0.15) is 0 Å². The summed E-state index contributed by atoms with van der Waals surface area (Å²) >= 11 is 1.69. The summed E-state index contributed by atoms with van der Waals surface area (Å²) in [5.41, 5.74) is 2.26. The minimum absolute atomic E-state index is 0.0963. The first-order chi connectivity index (χ1) is 10.3. The number of benzene rings is 1. The first kappa shape index (κ1) is 13.2. The van der Waals surface area contributed by atoms with Gasteiger partial charge in [0.2, 0.25) is 5.91 Å². The summed E-state index contributed by atoms with van der Waals surface area (Å²) in [6, 6.07) is 7.81. The Hall–Kier alpha value is -1.49. The van der Waals surface area contributed by atoms with Gasteiger partial charge in [0, 0.05) is 23.9 Å². The predicted octanol–water partition coefficient (Wildman–Crippen LogP) is 1.89. The third-order valence-electron chi connectivity index (χ3n) is 4.53. The van der Waals surface area contributed by atoms with Crippen LogP contribution in [0.4, 0.5) is 5.69 Å². The number of rotatable bonds is 2. The van der Waals surface area contributed by atoms with Crippen LogP contribution in [0.25, 0.3) is 0 Å². The lowest BCUT2D eigenvalue weighted by Gasteiger charge is -2.27. The van der Waals surface area contributed by atoms with Gasteiger partial charge in [-0.15, -0.1) is 11.8 Å². The Bertz CT molecular complexity index is 600. The van der Waals surface area contributed by atoms with Gasteiger partial charge in [-0.25, -0.2) is 0 Å². The minimum atomic E-state index is -0.269. The van der Waals surface area contributed by atoms with Crippen LogP contribution in [-0.4, -0.2) is 40.9 Å². The molecule has 21 heavy (non-hydrogen) atoms. The van der Waals surface area contributed by atoms with Crippen LogP contribution in [0.1, 0.15) is 18.4 Å². The zero-order valence-corrected chi connectivity index (χ0v) is 12.6. The Morgan fingerprint density at radius 3 is 2.76 bits per heavy atom. The average molecular weight is 302 g/mol. The SMILES string of the molecule is O=C([C@@H]1CSCN1C(=O)C1CC1)N1CCc2ccccc21. The van der Waals surface area contributed by atoms with Crippen molar-refractivity contribution < 1.29 is 9.59 Å². The molecule has 0 N–H and O–H groups in total. The largest absolute Gasteiger partial charge is 0.320 e. The van der Waals surface area contributed by atoms with E-state index < -0.39 is 0 Å². The average Bonchev–Trinajstić information content (AvgIpc) is 3.09. The molecule has 2 heterocycles. The fraction of sp³-hybridized carbons (Fsp3) is 0.500. The van der Waals surface area contributed by atoms with Crippen LogP contribution >= 0.6 is 11.8 Å². The smallest absolute Gasteiger partial charge is 0.250 e. The molecule has 4 nitrogen and oxygen atoms in total. The van der Waals surface area contributed by atoms with Gasteiger partial charge in [-0.1, -0.05) is 18.2 Å². The van der Waals surface area contributed by atoms with Crippen molar-refractivity contribution in [1.82, 2.24) is 4.90 Å². The molecule has 1 saturated heterocycles. The van der Waals surface area contributed by atoms with E-state index in [1.807, 2.05) is 28.0 Å².